The van der Waals surface area contributed by atoms with E-state index >= 15 is 0 Å². The molecule has 0 amide bonds. The summed E-state index contributed by atoms with van der Waals surface area (Å²) >= 11 is 5.92. The van der Waals surface area contributed by atoms with Gasteiger partial charge in [0.25, 0.3) is 0 Å². The van der Waals surface area contributed by atoms with E-state index in [1.54, 1.807) is 0 Å². The van der Waals surface area contributed by atoms with Gasteiger partial charge in [0.05, 0.1) is 24.6 Å². The molecule has 1 saturated heterocycles. The van der Waals surface area contributed by atoms with Crippen LogP contribution in [0.2, 0.25) is 0 Å². The Balaban J connectivity index is 1.36. The molecule has 49 heavy (non-hydrogen) atoms. The van der Waals surface area contributed by atoms with Gasteiger partial charge in [0.1, 0.15) is 24.1 Å². The van der Waals surface area contributed by atoms with E-state index in [0.717, 1.165) is 33.4 Å². The fraction of sp³-hybridized carbons (Fsp3) is 0.447. The minimum absolute atomic E-state index is 0.0195. The van der Waals surface area contributed by atoms with Crippen LogP contribution in [0.1, 0.15) is 69.4 Å². The van der Waals surface area contributed by atoms with Crippen LogP contribution in [-0.4, -0.2) is 71.3 Å². The van der Waals surface area contributed by atoms with E-state index in [-0.39, 0.29) is 62.0 Å². The van der Waals surface area contributed by atoms with Gasteiger partial charge in [-0.25, -0.2) is 0 Å². The molecule has 3 aromatic rings. The zero-order valence-corrected chi connectivity index (χ0v) is 28.9. The number of phenolic OH excluding ortho intramolecular Hbond substituents is 1. The number of aryl methyl sites for hydroxylation is 2. The highest BCUT2D eigenvalue weighted by Crippen LogP contribution is 2.58. The minimum Gasteiger partial charge on any atom is -0.507 e. The van der Waals surface area contributed by atoms with Gasteiger partial charge in [0, 0.05) is 46.6 Å². The van der Waals surface area contributed by atoms with E-state index in [2.05, 4.69) is 21.9 Å². The van der Waals surface area contributed by atoms with Crippen molar-refractivity contribution in [1.29, 1.82) is 5.26 Å². The first-order chi connectivity index (χ1) is 23.6. The molecule has 1 N–H and O–H groups in total. The summed E-state index contributed by atoms with van der Waals surface area (Å²) in [5.74, 6) is 0.855. The number of likely N-dealkylation sites (N-methyl/N-ethyl adjacent to an activating group) is 1. The first kappa shape index (κ1) is 33.2. The number of hydrogen-bond acceptors (Lipinski definition) is 10. The SMILES string of the molecule is Cc1cc2c(c(O)c1C)[C@H]1C3Cc4c(OC(=O)CCCl)c(C)c5c(c4[C@H](COC(=O)CCc4ccccc4)N3[C@@H](C#N)[C@H](C2)N1C)OCO5. The highest BCUT2D eigenvalue weighted by molar-refractivity contribution is 6.18. The van der Waals surface area contributed by atoms with Crippen molar-refractivity contribution in [2.45, 2.75) is 83.1 Å². The molecular weight excluding hydrogens is 646 g/mol. The van der Waals surface area contributed by atoms with Crippen LogP contribution >= 0.6 is 11.6 Å². The second-order valence-electron chi connectivity index (χ2n) is 13.4. The number of rotatable bonds is 8. The Morgan fingerprint density at radius 1 is 1.02 bits per heavy atom. The Kier molecular flexibility index (Phi) is 8.94. The van der Waals surface area contributed by atoms with E-state index in [1.807, 2.05) is 58.2 Å². The fourth-order valence-electron chi connectivity index (χ4n) is 8.37. The Morgan fingerprint density at radius 3 is 2.51 bits per heavy atom. The van der Waals surface area contributed by atoms with E-state index in [9.17, 15) is 20.0 Å². The highest BCUT2D eigenvalue weighted by Gasteiger charge is 2.57. The largest absolute Gasteiger partial charge is 0.507 e. The predicted molar refractivity (Wildman–Crippen MR) is 181 cm³/mol. The molecule has 256 valence electrons. The molecule has 10 nitrogen and oxygen atoms in total. The third kappa shape index (κ3) is 5.58. The molecule has 2 bridgehead atoms. The number of halogens is 1. The third-order valence-electron chi connectivity index (χ3n) is 10.8. The Labute approximate surface area is 291 Å². The van der Waals surface area contributed by atoms with Crippen LogP contribution in [0.15, 0.2) is 36.4 Å². The van der Waals surface area contributed by atoms with Gasteiger partial charge in [-0.3, -0.25) is 19.4 Å². The number of benzene rings is 3. The van der Waals surface area contributed by atoms with Gasteiger partial charge in [-0.15, -0.1) is 11.6 Å². The molecule has 4 aliphatic heterocycles. The standard InChI is InChI=1S/C38H40ClN3O7/c1-20-14-24-15-26-28(17-40)42-27(34(41(26)4)32(24)35(45)21(20)2)16-25-33(29(42)18-46-30(43)11-10-23-8-6-5-7-9-23)38-37(47-19-48-38)22(3)36(25)49-31(44)12-13-39/h5-9,14,26-29,34,45H,10-13,15-16,18-19H2,1-4H3/t26-,27?,28-,29-,34+/m0/s1. The first-order valence-electron chi connectivity index (χ1n) is 16.8. The summed E-state index contributed by atoms with van der Waals surface area (Å²) in [6.45, 7) is 5.66. The van der Waals surface area contributed by atoms with Gasteiger partial charge in [-0.1, -0.05) is 36.4 Å². The van der Waals surface area contributed by atoms with Gasteiger partial charge < -0.3 is 24.1 Å². The number of piperazine rings is 1. The van der Waals surface area contributed by atoms with Crippen molar-refractivity contribution in [3.8, 4) is 29.1 Å². The molecule has 0 saturated carbocycles. The molecule has 11 heteroatoms. The number of alkyl halides is 1. The molecule has 7 rings (SSSR count). The van der Waals surface area contributed by atoms with Crippen molar-refractivity contribution in [2.75, 3.05) is 26.3 Å². The number of hydrogen-bond donors (Lipinski definition) is 1. The van der Waals surface area contributed by atoms with Crippen molar-refractivity contribution in [3.63, 3.8) is 0 Å². The Morgan fingerprint density at radius 2 is 1.78 bits per heavy atom. The van der Waals surface area contributed by atoms with Crippen LogP contribution < -0.4 is 14.2 Å². The average Bonchev–Trinajstić information content (AvgIpc) is 3.58. The van der Waals surface area contributed by atoms with E-state index < -0.39 is 18.1 Å². The van der Waals surface area contributed by atoms with Crippen LogP contribution in [0.25, 0.3) is 0 Å². The number of carbonyl (C=O) groups excluding carboxylic acids is 2. The Bertz CT molecular complexity index is 1860. The molecule has 3 aromatic carbocycles. The van der Waals surface area contributed by atoms with Crippen LogP contribution in [0.4, 0.5) is 0 Å². The predicted octanol–water partition coefficient (Wildman–Crippen LogP) is 5.53. The lowest BCUT2D eigenvalue weighted by Crippen LogP contribution is -2.68. The van der Waals surface area contributed by atoms with Crippen molar-refractivity contribution >= 4 is 23.5 Å². The van der Waals surface area contributed by atoms with Crippen LogP contribution in [-0.2, 0) is 33.6 Å². The maximum atomic E-state index is 13.3. The molecule has 4 heterocycles. The second-order valence-corrected chi connectivity index (χ2v) is 13.8. The maximum absolute atomic E-state index is 13.3. The summed E-state index contributed by atoms with van der Waals surface area (Å²) < 4.78 is 24.1. The summed E-state index contributed by atoms with van der Waals surface area (Å²) in [5.41, 5.74) is 6.75. The second kappa shape index (κ2) is 13.2. The quantitative estimate of drug-likeness (QED) is 0.184. The lowest BCUT2D eigenvalue weighted by molar-refractivity contribution is -0.149. The zero-order valence-electron chi connectivity index (χ0n) is 28.1. The fourth-order valence-corrected chi connectivity index (χ4v) is 8.53. The van der Waals surface area contributed by atoms with E-state index in [1.165, 1.54) is 0 Å². The number of nitriles is 1. The lowest BCUT2D eigenvalue weighted by Gasteiger charge is -2.59. The van der Waals surface area contributed by atoms with Crippen LogP contribution in [0.3, 0.4) is 0 Å². The van der Waals surface area contributed by atoms with Gasteiger partial charge in [0.2, 0.25) is 6.79 Å². The molecule has 5 atom stereocenters. The molecular formula is C38H40ClN3O7. The number of ether oxygens (including phenoxy) is 4. The zero-order chi connectivity index (χ0) is 34.6. The molecule has 1 unspecified atom stereocenters. The summed E-state index contributed by atoms with van der Waals surface area (Å²) in [6.07, 6.45) is 1.69. The molecule has 0 spiro atoms. The number of aromatic hydroxyl groups is 1. The summed E-state index contributed by atoms with van der Waals surface area (Å²) in [4.78, 5) is 30.6. The number of fused-ring (bicyclic) bond motifs is 9. The van der Waals surface area contributed by atoms with Gasteiger partial charge in [-0.05, 0) is 69.3 Å². The molecule has 4 aliphatic rings. The molecule has 0 aromatic heterocycles. The van der Waals surface area contributed by atoms with Crippen LogP contribution in [0, 0.1) is 32.1 Å². The first-order valence-corrected chi connectivity index (χ1v) is 17.3. The van der Waals surface area contributed by atoms with Crippen molar-refractivity contribution < 1.29 is 33.6 Å². The minimum atomic E-state index is -0.630. The lowest BCUT2D eigenvalue weighted by atomic mass is 9.71. The van der Waals surface area contributed by atoms with E-state index in [0.29, 0.717) is 47.6 Å². The normalized spacial score (nSPS) is 23.6. The summed E-state index contributed by atoms with van der Waals surface area (Å²) in [7, 11) is 2.01. The average molecular weight is 686 g/mol. The number of carbonyl (C=O) groups is 2. The number of phenols is 1. The van der Waals surface area contributed by atoms with Gasteiger partial charge >= 0.3 is 11.9 Å². The van der Waals surface area contributed by atoms with Crippen molar-refractivity contribution in [2.24, 2.45) is 0 Å². The maximum Gasteiger partial charge on any atom is 0.312 e. The topological polar surface area (TPSA) is 122 Å². The van der Waals surface area contributed by atoms with E-state index in [4.69, 9.17) is 30.5 Å². The van der Waals surface area contributed by atoms with Gasteiger partial charge in [-0.2, -0.15) is 5.26 Å². The Hall–Kier alpha value is -4.30. The van der Waals surface area contributed by atoms with Crippen molar-refractivity contribution in [1.82, 2.24) is 9.80 Å². The van der Waals surface area contributed by atoms with Crippen LogP contribution in [0.5, 0.6) is 23.0 Å². The molecule has 0 radical (unpaired) electrons. The number of nitrogens with zero attached hydrogens (tertiary/aromatic N) is 3. The third-order valence-corrected chi connectivity index (χ3v) is 11.0. The monoisotopic (exact) mass is 685 g/mol. The van der Waals surface area contributed by atoms with Gasteiger partial charge in [0.15, 0.2) is 11.5 Å². The van der Waals surface area contributed by atoms with Crippen molar-refractivity contribution in [3.05, 3.63) is 80.9 Å². The smallest absolute Gasteiger partial charge is 0.312 e. The number of esters is 2. The summed E-state index contributed by atoms with van der Waals surface area (Å²) in [6, 6.07) is 12.4. The molecule has 0 aliphatic carbocycles. The highest BCUT2D eigenvalue weighted by atomic mass is 35.5. The molecule has 1 fully saturated rings. The summed E-state index contributed by atoms with van der Waals surface area (Å²) in [5, 5.41) is 22.5.